The molecule has 1 aliphatic heterocycles. The van der Waals surface area contributed by atoms with Crippen molar-refractivity contribution in [2.24, 2.45) is 4.99 Å². The number of hydrogen-bond acceptors (Lipinski definition) is 3. The second-order valence-corrected chi connectivity index (χ2v) is 7.73. The van der Waals surface area contributed by atoms with Crippen LogP contribution in [0.15, 0.2) is 23.2 Å². The molecule has 1 amide bonds. The minimum Gasteiger partial charge on any atom is -0.376 e. The van der Waals surface area contributed by atoms with Crippen molar-refractivity contribution in [2.75, 3.05) is 40.3 Å². The smallest absolute Gasteiger partial charge is 0.243 e. The number of halogens is 3. The Morgan fingerprint density at radius 3 is 2.66 bits per heavy atom. The molecule has 29 heavy (non-hydrogen) atoms. The predicted octanol–water partition coefficient (Wildman–Crippen LogP) is 2.42. The van der Waals surface area contributed by atoms with Gasteiger partial charge in [-0.2, -0.15) is 0 Å². The Labute approximate surface area is 187 Å². The van der Waals surface area contributed by atoms with Gasteiger partial charge in [0.25, 0.3) is 0 Å². The van der Waals surface area contributed by atoms with Gasteiger partial charge in [-0.1, -0.05) is 6.07 Å². The topological polar surface area (TPSA) is 66.0 Å². The first-order valence-corrected chi connectivity index (χ1v) is 9.69. The Bertz CT molecular complexity index is 735. The lowest BCUT2D eigenvalue weighted by molar-refractivity contribution is -0.127. The van der Waals surface area contributed by atoms with Gasteiger partial charge in [0.05, 0.1) is 6.10 Å². The molecule has 2 aliphatic rings. The second kappa shape index (κ2) is 10.5. The van der Waals surface area contributed by atoms with Crippen molar-refractivity contribution >= 4 is 35.8 Å². The number of nitrogens with zero attached hydrogens (tertiary/aromatic N) is 2. The van der Waals surface area contributed by atoms with Crippen LogP contribution in [-0.4, -0.2) is 63.2 Å². The van der Waals surface area contributed by atoms with Crippen LogP contribution in [-0.2, 0) is 14.9 Å². The molecule has 2 fully saturated rings. The number of nitrogens with one attached hydrogen (secondary N) is 2. The Morgan fingerprint density at radius 1 is 1.31 bits per heavy atom. The summed E-state index contributed by atoms with van der Waals surface area (Å²) in [6.45, 7) is 1.84. The van der Waals surface area contributed by atoms with Crippen LogP contribution in [0, 0.1) is 11.6 Å². The number of likely N-dealkylation sites (N-methyl/N-ethyl adjacent to an activating group) is 1. The van der Waals surface area contributed by atoms with Crippen molar-refractivity contribution in [2.45, 2.75) is 37.2 Å². The van der Waals surface area contributed by atoms with Crippen molar-refractivity contribution in [3.8, 4) is 0 Å². The lowest BCUT2D eigenvalue weighted by Crippen LogP contribution is -2.44. The van der Waals surface area contributed by atoms with E-state index >= 15 is 0 Å². The van der Waals surface area contributed by atoms with E-state index in [4.69, 9.17) is 4.74 Å². The van der Waals surface area contributed by atoms with Gasteiger partial charge in [-0.15, -0.1) is 24.0 Å². The van der Waals surface area contributed by atoms with E-state index in [-0.39, 0.29) is 47.9 Å². The monoisotopic (exact) mass is 522 g/mol. The molecule has 0 spiro atoms. The van der Waals surface area contributed by atoms with Crippen molar-refractivity contribution in [1.82, 2.24) is 15.5 Å². The summed E-state index contributed by atoms with van der Waals surface area (Å²) in [7, 11) is 3.36. The quantitative estimate of drug-likeness (QED) is 0.328. The van der Waals surface area contributed by atoms with E-state index in [2.05, 4.69) is 15.6 Å². The minimum absolute atomic E-state index is 0. The van der Waals surface area contributed by atoms with E-state index in [9.17, 15) is 13.6 Å². The minimum atomic E-state index is -0.576. The van der Waals surface area contributed by atoms with Crippen molar-refractivity contribution in [1.29, 1.82) is 0 Å². The number of guanidine groups is 1. The normalized spacial score (nSPS) is 20.0. The molecule has 0 radical (unpaired) electrons. The number of carbonyl (C=O) groups excluding carboxylic acids is 1. The highest BCUT2D eigenvalue weighted by molar-refractivity contribution is 14.0. The van der Waals surface area contributed by atoms with Gasteiger partial charge >= 0.3 is 0 Å². The second-order valence-electron chi connectivity index (χ2n) is 7.73. The van der Waals surface area contributed by atoms with E-state index in [1.807, 2.05) is 0 Å². The summed E-state index contributed by atoms with van der Waals surface area (Å²) in [6.07, 6.45) is 3.79. The Balaban J connectivity index is 0.00000300. The maximum atomic E-state index is 14.2. The highest BCUT2D eigenvalue weighted by atomic mass is 127. The maximum Gasteiger partial charge on any atom is 0.243 e. The van der Waals surface area contributed by atoms with Gasteiger partial charge in [-0.05, 0) is 37.3 Å². The molecule has 1 saturated heterocycles. The van der Waals surface area contributed by atoms with Crippen molar-refractivity contribution < 1.29 is 18.3 Å². The summed E-state index contributed by atoms with van der Waals surface area (Å²) in [5.74, 6) is -0.705. The van der Waals surface area contributed by atoms with Crippen LogP contribution < -0.4 is 10.6 Å². The molecule has 0 aromatic heterocycles. The molecule has 1 heterocycles. The van der Waals surface area contributed by atoms with E-state index in [1.54, 1.807) is 14.1 Å². The van der Waals surface area contributed by atoms with E-state index in [0.717, 1.165) is 38.4 Å². The van der Waals surface area contributed by atoms with Gasteiger partial charge in [-0.25, -0.2) is 13.8 Å². The van der Waals surface area contributed by atoms with Crippen LogP contribution >= 0.6 is 24.0 Å². The highest BCUT2D eigenvalue weighted by Crippen LogP contribution is 2.48. The van der Waals surface area contributed by atoms with Gasteiger partial charge in [0.15, 0.2) is 5.96 Å². The van der Waals surface area contributed by atoms with E-state index in [1.165, 1.54) is 17.0 Å². The first-order valence-electron chi connectivity index (χ1n) is 9.69. The molecule has 1 aromatic carbocycles. The van der Waals surface area contributed by atoms with E-state index < -0.39 is 11.6 Å². The van der Waals surface area contributed by atoms with Crippen LogP contribution in [0.2, 0.25) is 0 Å². The first kappa shape index (κ1) is 23.8. The summed E-state index contributed by atoms with van der Waals surface area (Å²) in [4.78, 5) is 17.7. The number of benzene rings is 1. The van der Waals surface area contributed by atoms with Gasteiger partial charge in [0, 0.05) is 45.3 Å². The van der Waals surface area contributed by atoms with Crippen LogP contribution in [0.4, 0.5) is 8.78 Å². The molecular weight excluding hydrogens is 493 g/mol. The number of amides is 1. The van der Waals surface area contributed by atoms with Crippen molar-refractivity contribution in [3.05, 3.63) is 35.4 Å². The molecule has 1 saturated carbocycles. The molecule has 1 aromatic rings. The number of hydrogen-bond donors (Lipinski definition) is 2. The zero-order valence-electron chi connectivity index (χ0n) is 16.8. The van der Waals surface area contributed by atoms with Gasteiger partial charge in [0.1, 0.15) is 18.2 Å². The average molecular weight is 522 g/mol. The standard InChI is InChI=1S/C20H28F2N4O2.HI/c1-26(2)18(27)12-24-19(23-11-15-4-3-9-28-15)25-13-20(7-8-20)16-6-5-14(21)10-17(16)22;/h5-6,10,15H,3-4,7-9,11-13H2,1-2H3,(H2,23,24,25);1H. The largest absolute Gasteiger partial charge is 0.376 e. The lowest BCUT2D eigenvalue weighted by atomic mass is 9.95. The Hall–Kier alpha value is -1.49. The Morgan fingerprint density at radius 2 is 2.07 bits per heavy atom. The van der Waals surface area contributed by atoms with Gasteiger partial charge < -0.3 is 20.3 Å². The third-order valence-electron chi connectivity index (χ3n) is 5.34. The van der Waals surface area contributed by atoms with Crippen LogP contribution in [0.1, 0.15) is 31.2 Å². The summed E-state index contributed by atoms with van der Waals surface area (Å²) < 4.78 is 33.1. The van der Waals surface area contributed by atoms with Gasteiger partial charge in [-0.3, -0.25) is 4.79 Å². The SMILES string of the molecule is CN(C)C(=O)CN=C(NCC1CCCO1)NCC1(c2ccc(F)cc2F)CC1.I. The molecule has 6 nitrogen and oxygen atoms in total. The number of rotatable bonds is 7. The molecule has 162 valence electrons. The van der Waals surface area contributed by atoms with Gasteiger partial charge in [0.2, 0.25) is 5.91 Å². The first-order chi connectivity index (χ1) is 13.4. The highest BCUT2D eigenvalue weighted by Gasteiger charge is 2.46. The molecule has 1 unspecified atom stereocenters. The molecule has 9 heteroatoms. The fraction of sp³-hybridized carbons (Fsp3) is 0.600. The average Bonchev–Trinajstić information content (AvgIpc) is 3.24. The van der Waals surface area contributed by atoms with Crippen LogP contribution in [0.5, 0.6) is 0 Å². The molecule has 3 rings (SSSR count). The van der Waals surface area contributed by atoms with Crippen molar-refractivity contribution in [3.63, 3.8) is 0 Å². The van der Waals surface area contributed by atoms with Crippen LogP contribution in [0.3, 0.4) is 0 Å². The predicted molar refractivity (Wildman–Crippen MR) is 119 cm³/mol. The molecule has 1 atom stereocenters. The molecule has 0 bridgehead atoms. The lowest BCUT2D eigenvalue weighted by Gasteiger charge is -2.21. The fourth-order valence-electron chi connectivity index (χ4n) is 3.34. The summed E-state index contributed by atoms with van der Waals surface area (Å²) in [5, 5.41) is 6.45. The van der Waals surface area contributed by atoms with Crippen LogP contribution in [0.25, 0.3) is 0 Å². The number of aliphatic imine (C=N–C) groups is 1. The Kier molecular flexibility index (Phi) is 8.62. The molecule has 1 aliphatic carbocycles. The summed E-state index contributed by atoms with van der Waals surface area (Å²) in [5.41, 5.74) is 0.152. The van der Waals surface area contributed by atoms with E-state index in [0.29, 0.717) is 24.6 Å². The third kappa shape index (κ3) is 6.50. The molecular formula is C20H29F2IN4O2. The number of carbonyl (C=O) groups is 1. The summed E-state index contributed by atoms with van der Waals surface area (Å²) >= 11 is 0. The zero-order valence-corrected chi connectivity index (χ0v) is 19.2. The fourth-order valence-corrected chi connectivity index (χ4v) is 3.34. The summed E-state index contributed by atoms with van der Waals surface area (Å²) in [6, 6.07) is 3.74. The number of ether oxygens (including phenoxy) is 1. The zero-order chi connectivity index (χ0) is 20.1. The molecule has 2 N–H and O–H groups in total. The third-order valence-corrected chi connectivity index (χ3v) is 5.34. The maximum absolute atomic E-state index is 14.2.